The maximum Gasteiger partial charge on any atom is 0.494 e. The van der Waals surface area contributed by atoms with Crippen LogP contribution in [-0.4, -0.2) is 41.0 Å². The molecule has 1 aliphatic rings. The van der Waals surface area contributed by atoms with Crippen molar-refractivity contribution in [2.45, 2.75) is 71.7 Å². The van der Waals surface area contributed by atoms with E-state index >= 15 is 0 Å². The molecule has 1 aromatic rings. The number of carbonyl (C=O) groups excluding carboxylic acids is 1. The summed E-state index contributed by atoms with van der Waals surface area (Å²) in [6.07, 6.45) is 0.0971. The van der Waals surface area contributed by atoms with E-state index in [2.05, 4.69) is 0 Å². The summed E-state index contributed by atoms with van der Waals surface area (Å²) in [4.78, 5) is 11.9. The van der Waals surface area contributed by atoms with Gasteiger partial charge in [0.1, 0.15) is 5.60 Å². The second kappa shape index (κ2) is 7.41. The predicted octanol–water partition coefficient (Wildman–Crippen LogP) is 3.92. The van der Waals surface area contributed by atoms with Crippen LogP contribution in [0.3, 0.4) is 0 Å². The molecule has 0 aromatic heterocycles. The zero-order valence-electron chi connectivity index (χ0n) is 16.8. The molecule has 1 amide bonds. The summed E-state index contributed by atoms with van der Waals surface area (Å²) >= 11 is 6.00. The lowest BCUT2D eigenvalue weighted by molar-refractivity contribution is 0.00578. The van der Waals surface area contributed by atoms with Crippen molar-refractivity contribution in [3.05, 3.63) is 29.8 Å². The number of halogens is 1. The van der Waals surface area contributed by atoms with Gasteiger partial charge in [-0.2, -0.15) is 0 Å². The molecule has 1 fully saturated rings. The van der Waals surface area contributed by atoms with Crippen LogP contribution in [0, 0.1) is 0 Å². The standard InChI is InChI=1S/C19H29BClNO4/c1-17(2,3)24-16(23)22(21)13-12-14-8-10-15(11-9-14)20-25-18(4,5)19(6,7)26-20/h8-11H,12-13H2,1-7H3. The highest BCUT2D eigenvalue weighted by Gasteiger charge is 2.51. The molecule has 7 heteroatoms. The predicted molar refractivity (Wildman–Crippen MR) is 105 cm³/mol. The monoisotopic (exact) mass is 381 g/mol. The summed E-state index contributed by atoms with van der Waals surface area (Å²) in [5.41, 5.74) is 0.766. The Morgan fingerprint density at radius 3 is 2.08 bits per heavy atom. The maximum atomic E-state index is 11.9. The van der Waals surface area contributed by atoms with Gasteiger partial charge in [0.2, 0.25) is 0 Å². The summed E-state index contributed by atoms with van der Waals surface area (Å²) in [5, 5.41) is 0. The van der Waals surface area contributed by atoms with Gasteiger partial charge in [-0.05, 0) is 65.9 Å². The smallest absolute Gasteiger partial charge is 0.443 e. The Kier molecular flexibility index (Phi) is 6.01. The molecule has 1 heterocycles. The Labute approximate surface area is 162 Å². The molecule has 0 unspecified atom stereocenters. The van der Waals surface area contributed by atoms with Gasteiger partial charge in [-0.15, -0.1) is 0 Å². The van der Waals surface area contributed by atoms with Crippen molar-refractivity contribution < 1.29 is 18.8 Å². The number of rotatable bonds is 4. The fourth-order valence-corrected chi connectivity index (χ4v) is 2.57. The third-order valence-corrected chi connectivity index (χ3v) is 5.00. The fourth-order valence-electron chi connectivity index (χ4n) is 2.45. The first-order chi connectivity index (χ1) is 11.8. The van der Waals surface area contributed by atoms with Gasteiger partial charge in [-0.1, -0.05) is 24.3 Å². The van der Waals surface area contributed by atoms with Gasteiger partial charge in [-0.25, -0.2) is 9.21 Å². The van der Waals surface area contributed by atoms with Crippen molar-refractivity contribution in [1.29, 1.82) is 0 Å². The van der Waals surface area contributed by atoms with Crippen LogP contribution in [0.2, 0.25) is 0 Å². The molecule has 0 saturated carbocycles. The van der Waals surface area contributed by atoms with E-state index < -0.39 is 11.7 Å². The van der Waals surface area contributed by atoms with Crippen LogP contribution in [-0.2, 0) is 20.5 Å². The Bertz CT molecular complexity index is 624. The van der Waals surface area contributed by atoms with Crippen molar-refractivity contribution in [2.24, 2.45) is 0 Å². The molecule has 26 heavy (non-hydrogen) atoms. The Morgan fingerprint density at radius 1 is 1.12 bits per heavy atom. The van der Waals surface area contributed by atoms with Crippen LogP contribution in [0.4, 0.5) is 4.79 Å². The highest BCUT2D eigenvalue weighted by molar-refractivity contribution is 6.62. The van der Waals surface area contributed by atoms with Crippen LogP contribution < -0.4 is 5.46 Å². The third-order valence-electron chi connectivity index (χ3n) is 4.69. The first-order valence-corrected chi connectivity index (χ1v) is 9.25. The van der Waals surface area contributed by atoms with Gasteiger partial charge in [-0.3, -0.25) is 0 Å². The average molecular weight is 382 g/mol. The summed E-state index contributed by atoms with van der Waals surface area (Å²) in [5.74, 6) is 0. The summed E-state index contributed by atoms with van der Waals surface area (Å²) < 4.78 is 18.4. The van der Waals surface area contributed by atoms with Crippen molar-refractivity contribution in [3.8, 4) is 0 Å². The Morgan fingerprint density at radius 2 is 1.62 bits per heavy atom. The number of amides is 1. The van der Waals surface area contributed by atoms with Gasteiger partial charge in [0.25, 0.3) is 0 Å². The van der Waals surface area contributed by atoms with E-state index in [1.165, 1.54) is 0 Å². The van der Waals surface area contributed by atoms with Crippen LogP contribution in [0.15, 0.2) is 24.3 Å². The van der Waals surface area contributed by atoms with Crippen LogP contribution >= 0.6 is 11.8 Å². The number of hydrogen-bond acceptors (Lipinski definition) is 4. The maximum absolute atomic E-state index is 11.9. The Balaban J connectivity index is 1.91. The van der Waals surface area contributed by atoms with Crippen LogP contribution in [0.5, 0.6) is 0 Å². The summed E-state index contributed by atoms with van der Waals surface area (Å²) in [6.45, 7) is 13.9. The van der Waals surface area contributed by atoms with Crippen molar-refractivity contribution in [1.82, 2.24) is 4.42 Å². The number of carbonyl (C=O) groups is 1. The molecule has 144 valence electrons. The lowest BCUT2D eigenvalue weighted by atomic mass is 9.79. The molecule has 2 rings (SSSR count). The van der Waals surface area contributed by atoms with Crippen LogP contribution in [0.25, 0.3) is 0 Å². The SMILES string of the molecule is CC(C)(C)OC(=O)N(Cl)CCc1ccc(B2OC(C)(C)C(C)(C)O2)cc1. The van der Waals surface area contributed by atoms with E-state index in [0.717, 1.165) is 15.4 Å². The average Bonchev–Trinajstić information content (AvgIpc) is 2.72. The molecule has 5 nitrogen and oxygen atoms in total. The fraction of sp³-hybridized carbons (Fsp3) is 0.632. The van der Waals surface area contributed by atoms with E-state index in [1.54, 1.807) is 0 Å². The molecule has 0 N–H and O–H groups in total. The summed E-state index contributed by atoms with van der Waals surface area (Å²) in [7, 11) is -0.375. The van der Waals surface area contributed by atoms with E-state index in [4.69, 9.17) is 25.8 Å². The Hall–Kier alpha value is -1.24. The minimum atomic E-state index is -0.561. The molecule has 0 radical (unpaired) electrons. The lowest BCUT2D eigenvalue weighted by Gasteiger charge is -2.32. The van der Waals surface area contributed by atoms with E-state index in [0.29, 0.717) is 13.0 Å². The minimum absolute atomic E-state index is 0.358. The first kappa shape index (κ1) is 21.1. The molecular formula is C19H29BClNO4. The van der Waals surface area contributed by atoms with Crippen molar-refractivity contribution in [3.63, 3.8) is 0 Å². The van der Waals surface area contributed by atoms with Gasteiger partial charge < -0.3 is 14.0 Å². The normalized spacial score (nSPS) is 18.7. The quantitative estimate of drug-likeness (QED) is 0.586. The highest BCUT2D eigenvalue weighted by Crippen LogP contribution is 2.36. The van der Waals surface area contributed by atoms with Gasteiger partial charge in [0.05, 0.1) is 11.2 Å². The van der Waals surface area contributed by atoms with Crippen molar-refractivity contribution >= 4 is 30.5 Å². The topological polar surface area (TPSA) is 48.0 Å². The van der Waals surface area contributed by atoms with E-state index in [1.807, 2.05) is 72.7 Å². The molecule has 1 aliphatic heterocycles. The minimum Gasteiger partial charge on any atom is -0.443 e. The molecule has 1 saturated heterocycles. The first-order valence-electron chi connectivity index (χ1n) is 8.91. The van der Waals surface area contributed by atoms with Gasteiger partial charge >= 0.3 is 13.2 Å². The third kappa shape index (κ3) is 5.15. The largest absolute Gasteiger partial charge is 0.494 e. The van der Waals surface area contributed by atoms with E-state index in [9.17, 15) is 4.79 Å². The molecule has 0 spiro atoms. The van der Waals surface area contributed by atoms with Crippen LogP contribution in [0.1, 0.15) is 54.0 Å². The molecule has 0 atom stereocenters. The number of hydrogen-bond donors (Lipinski definition) is 0. The number of benzene rings is 1. The van der Waals surface area contributed by atoms with E-state index in [-0.39, 0.29) is 18.3 Å². The number of nitrogens with zero attached hydrogens (tertiary/aromatic N) is 1. The molecule has 1 aromatic carbocycles. The zero-order chi connectivity index (χ0) is 19.8. The summed E-state index contributed by atoms with van der Waals surface area (Å²) in [6, 6.07) is 7.98. The second-order valence-corrected chi connectivity index (χ2v) is 9.05. The molecule has 0 aliphatic carbocycles. The van der Waals surface area contributed by atoms with Crippen molar-refractivity contribution in [2.75, 3.05) is 6.54 Å². The highest BCUT2D eigenvalue weighted by atomic mass is 35.5. The van der Waals surface area contributed by atoms with Gasteiger partial charge in [0, 0.05) is 18.3 Å². The molecular weight excluding hydrogens is 352 g/mol. The zero-order valence-corrected chi connectivity index (χ0v) is 17.5. The van der Waals surface area contributed by atoms with Gasteiger partial charge in [0.15, 0.2) is 0 Å². The number of ether oxygens (including phenoxy) is 1. The lowest BCUT2D eigenvalue weighted by Crippen LogP contribution is -2.41. The second-order valence-electron chi connectivity index (χ2n) is 8.65. The molecule has 0 bridgehead atoms.